The van der Waals surface area contributed by atoms with Crippen molar-refractivity contribution in [3.05, 3.63) is 83.4 Å². The van der Waals surface area contributed by atoms with Gasteiger partial charge in [-0.05, 0) is 55.9 Å². The van der Waals surface area contributed by atoms with Crippen LogP contribution in [0.15, 0.2) is 72.3 Å². The van der Waals surface area contributed by atoms with Gasteiger partial charge in [0, 0.05) is 29.4 Å². The number of benzene rings is 2. The molecule has 3 fully saturated rings. The van der Waals surface area contributed by atoms with E-state index in [9.17, 15) is 39.6 Å². The number of hydrogen-bond acceptors (Lipinski definition) is 10. The molecular formula is C34H36O11. The van der Waals surface area contributed by atoms with Gasteiger partial charge in [0.25, 0.3) is 0 Å². The first kappa shape index (κ1) is 30.9. The Kier molecular flexibility index (Phi) is 7.22. The third-order valence-corrected chi connectivity index (χ3v) is 11.1. The molecule has 2 aromatic carbocycles. The maximum Gasteiger partial charge on any atom is 0.338 e. The summed E-state index contributed by atoms with van der Waals surface area (Å²) in [7, 11) is 0. The largest absolute Gasteiger partial charge is 0.481 e. The number of esters is 3. The lowest BCUT2D eigenvalue weighted by molar-refractivity contribution is -0.339. The quantitative estimate of drug-likeness (QED) is 0.286. The molecule has 0 amide bonds. The number of fused-ring (bicyclic) bond motifs is 4. The molecule has 0 bridgehead atoms. The van der Waals surface area contributed by atoms with E-state index < -0.39 is 82.2 Å². The van der Waals surface area contributed by atoms with Crippen molar-refractivity contribution in [2.24, 2.45) is 28.6 Å². The molecule has 45 heavy (non-hydrogen) atoms. The minimum Gasteiger partial charge on any atom is -0.481 e. The maximum absolute atomic E-state index is 13.7. The van der Waals surface area contributed by atoms with Crippen LogP contribution < -0.4 is 0 Å². The number of carboxylic acid groups (broad SMARTS) is 1. The molecule has 3 aliphatic carbocycles. The molecule has 238 valence electrons. The number of ether oxygens (including phenoxy) is 3. The van der Waals surface area contributed by atoms with Gasteiger partial charge >= 0.3 is 23.9 Å². The Labute approximate surface area is 259 Å². The highest BCUT2D eigenvalue weighted by atomic mass is 16.7. The predicted octanol–water partition coefficient (Wildman–Crippen LogP) is 2.88. The van der Waals surface area contributed by atoms with E-state index in [2.05, 4.69) is 0 Å². The van der Waals surface area contributed by atoms with Crippen molar-refractivity contribution in [3.8, 4) is 0 Å². The van der Waals surface area contributed by atoms with Gasteiger partial charge in [-0.25, -0.2) is 14.4 Å². The van der Waals surface area contributed by atoms with Gasteiger partial charge in [0.2, 0.25) is 5.79 Å². The molecule has 0 saturated heterocycles. The molecule has 1 heterocycles. The maximum atomic E-state index is 13.7. The van der Waals surface area contributed by atoms with E-state index in [0.29, 0.717) is 0 Å². The average Bonchev–Trinajstić information content (AvgIpc) is 3.34. The summed E-state index contributed by atoms with van der Waals surface area (Å²) in [6.45, 7) is 4.55. The van der Waals surface area contributed by atoms with Crippen LogP contribution in [0.2, 0.25) is 0 Å². The second-order valence-corrected chi connectivity index (χ2v) is 13.2. The van der Waals surface area contributed by atoms with Crippen molar-refractivity contribution >= 4 is 23.9 Å². The van der Waals surface area contributed by atoms with Crippen LogP contribution in [-0.2, 0) is 23.8 Å². The minimum absolute atomic E-state index is 0.0338. The molecule has 1 aliphatic heterocycles. The van der Waals surface area contributed by atoms with Crippen molar-refractivity contribution in [2.45, 2.75) is 69.7 Å². The first-order valence-corrected chi connectivity index (χ1v) is 15.0. The van der Waals surface area contributed by atoms with Gasteiger partial charge in [-0.3, -0.25) is 4.79 Å². The van der Waals surface area contributed by atoms with Crippen LogP contribution in [0.1, 0.15) is 60.7 Å². The molecule has 4 N–H and O–H groups in total. The number of aliphatic carboxylic acids is 1. The topological polar surface area (TPSA) is 177 Å². The summed E-state index contributed by atoms with van der Waals surface area (Å²) in [5.41, 5.74) is -5.85. The van der Waals surface area contributed by atoms with E-state index in [1.165, 1.54) is 37.3 Å². The average molecular weight is 621 g/mol. The molecular weight excluding hydrogens is 584 g/mol. The molecule has 0 radical (unpaired) electrons. The molecule has 3 saturated carbocycles. The number of aliphatic hydroxyl groups excluding tert-OH is 1. The van der Waals surface area contributed by atoms with E-state index in [0.717, 1.165) is 0 Å². The van der Waals surface area contributed by atoms with Crippen LogP contribution >= 0.6 is 0 Å². The number of aliphatic hydroxyl groups is 3. The number of carboxylic acids is 1. The van der Waals surface area contributed by atoms with E-state index in [-0.39, 0.29) is 36.0 Å². The lowest BCUT2D eigenvalue weighted by Crippen LogP contribution is -2.82. The lowest BCUT2D eigenvalue weighted by Gasteiger charge is -2.69. The Bertz CT molecular complexity index is 1570. The van der Waals surface area contributed by atoms with Crippen molar-refractivity contribution in [1.29, 1.82) is 0 Å². The zero-order chi connectivity index (χ0) is 32.5. The Morgan fingerprint density at radius 2 is 1.47 bits per heavy atom. The summed E-state index contributed by atoms with van der Waals surface area (Å²) in [6, 6.07) is 15.9. The monoisotopic (exact) mass is 620 g/mol. The lowest BCUT2D eigenvalue weighted by atomic mass is 9.38. The number of carbonyl (C=O) groups excluding carboxylic acids is 3. The number of rotatable bonds is 5. The van der Waals surface area contributed by atoms with Crippen molar-refractivity contribution in [1.82, 2.24) is 0 Å². The molecule has 4 aliphatic rings. The van der Waals surface area contributed by atoms with Crippen molar-refractivity contribution < 1.29 is 53.8 Å². The smallest absolute Gasteiger partial charge is 0.338 e. The van der Waals surface area contributed by atoms with Crippen molar-refractivity contribution in [3.63, 3.8) is 0 Å². The number of hydrogen-bond donors (Lipinski definition) is 4. The van der Waals surface area contributed by atoms with Gasteiger partial charge in [0.05, 0.1) is 17.2 Å². The third-order valence-electron chi connectivity index (χ3n) is 11.1. The summed E-state index contributed by atoms with van der Waals surface area (Å²) >= 11 is 0. The standard InChI is InChI=1S/C34H36O11/c1-18-21-16-24(36)45-33(21,41)17-22-25(18)26(43-28(37)19-10-6-4-7-11-19)27(44-29(38)20-12-8-5-9-13-20)34(42)31(22,2)15-14-23(35)32(34,3)30(39)40/h4-13,16,18,22-23,25-27,35,41-42H,14-15,17H2,1-3H3,(H,39,40)/t18-,22+,23-,25-,26+,27+,31+,32-,33-,34-/m0/s1. The van der Waals surface area contributed by atoms with Crippen LogP contribution in [0.4, 0.5) is 0 Å². The predicted molar refractivity (Wildman–Crippen MR) is 155 cm³/mol. The molecule has 11 nitrogen and oxygen atoms in total. The van der Waals surface area contributed by atoms with Gasteiger partial charge in [0.15, 0.2) is 6.10 Å². The van der Waals surface area contributed by atoms with Crippen LogP contribution in [0.25, 0.3) is 0 Å². The molecule has 0 aromatic heterocycles. The van der Waals surface area contributed by atoms with Gasteiger partial charge in [-0.2, -0.15) is 0 Å². The molecule has 0 spiro atoms. The molecule has 11 heteroatoms. The second kappa shape index (κ2) is 10.5. The highest BCUT2D eigenvalue weighted by Gasteiger charge is 2.80. The highest BCUT2D eigenvalue weighted by Crippen LogP contribution is 2.69. The first-order valence-electron chi connectivity index (χ1n) is 15.0. The third kappa shape index (κ3) is 4.28. The number of carbonyl (C=O) groups is 4. The molecule has 2 aromatic rings. The van der Waals surface area contributed by atoms with E-state index >= 15 is 0 Å². The van der Waals surface area contributed by atoms with Gasteiger partial charge in [0.1, 0.15) is 17.1 Å². The van der Waals surface area contributed by atoms with Gasteiger partial charge < -0.3 is 34.6 Å². The SMILES string of the molecule is C[C@H]1C2=CC(=O)O[C@@]2(O)C[C@@H]2[C@H]1[C@@H](OC(=O)c1ccccc1)[C@@H](OC(=O)c1ccccc1)[C@]1(O)[C@]2(C)CC[C@H](O)[C@@]1(C)C(=O)O. The van der Waals surface area contributed by atoms with Gasteiger partial charge in [-0.15, -0.1) is 0 Å². The molecule has 0 unspecified atom stereocenters. The summed E-state index contributed by atoms with van der Waals surface area (Å²) in [5, 5.41) is 46.7. The zero-order valence-corrected chi connectivity index (χ0v) is 25.1. The molecule has 10 atom stereocenters. The fourth-order valence-electron chi connectivity index (χ4n) is 8.71. The normalized spacial score (nSPS) is 40.1. The van der Waals surface area contributed by atoms with Crippen molar-refractivity contribution in [2.75, 3.05) is 0 Å². The molecule has 6 rings (SSSR count). The Balaban J connectivity index is 1.59. The fourth-order valence-corrected chi connectivity index (χ4v) is 8.71. The first-order chi connectivity index (χ1) is 21.2. The summed E-state index contributed by atoms with van der Waals surface area (Å²) in [5.74, 6) is -8.41. The van der Waals surface area contributed by atoms with Crippen LogP contribution in [0.5, 0.6) is 0 Å². The fraction of sp³-hybridized carbons (Fsp3) is 0.471. The summed E-state index contributed by atoms with van der Waals surface area (Å²) in [4.78, 5) is 53.0. The van der Waals surface area contributed by atoms with E-state index in [1.54, 1.807) is 50.2 Å². The Morgan fingerprint density at radius 3 is 2.02 bits per heavy atom. The van der Waals surface area contributed by atoms with Gasteiger partial charge in [-0.1, -0.05) is 50.2 Å². The highest BCUT2D eigenvalue weighted by molar-refractivity contribution is 5.91. The van der Waals surface area contributed by atoms with Crippen LogP contribution in [0, 0.1) is 28.6 Å². The summed E-state index contributed by atoms with van der Waals surface area (Å²) in [6.07, 6.45) is -3.89. The van der Waals surface area contributed by atoms with E-state index in [4.69, 9.17) is 14.2 Å². The Hall–Kier alpha value is -4.06. The zero-order valence-electron chi connectivity index (χ0n) is 25.1. The second-order valence-electron chi connectivity index (χ2n) is 13.2. The van der Waals surface area contributed by atoms with Crippen LogP contribution in [0.3, 0.4) is 0 Å². The van der Waals surface area contributed by atoms with E-state index in [1.807, 2.05) is 0 Å². The summed E-state index contributed by atoms with van der Waals surface area (Å²) < 4.78 is 17.6. The Morgan fingerprint density at radius 1 is 0.911 bits per heavy atom. The minimum atomic E-state index is -2.56. The van der Waals surface area contributed by atoms with Crippen LogP contribution in [-0.4, -0.2) is 74.0 Å².